The van der Waals surface area contributed by atoms with Crippen LogP contribution in [0.2, 0.25) is 0 Å². The lowest BCUT2D eigenvalue weighted by molar-refractivity contribution is -0.120. The number of imidazole rings is 1. The number of carbonyl (C=O) groups is 2. The van der Waals surface area contributed by atoms with Crippen LogP contribution in [0.4, 0.5) is 14.5 Å². The van der Waals surface area contributed by atoms with E-state index in [9.17, 15) is 18.4 Å². The molecule has 1 aliphatic rings. The van der Waals surface area contributed by atoms with E-state index < -0.39 is 23.6 Å². The number of hydrogen-bond donors (Lipinski definition) is 1. The number of rotatable bonds is 3. The molecule has 0 saturated carbocycles. The quantitative estimate of drug-likeness (QED) is 0.514. The largest absolute Gasteiger partial charge is 0.489 e. The zero-order valence-electron chi connectivity index (χ0n) is 16.7. The highest BCUT2D eigenvalue weighted by Crippen LogP contribution is 2.31. The number of aromatic nitrogens is 2. The molecule has 0 unspecified atom stereocenters. The summed E-state index contributed by atoms with van der Waals surface area (Å²) in [6.45, 7) is -0.0276. The van der Waals surface area contributed by atoms with Gasteiger partial charge in [-0.05, 0) is 24.3 Å². The van der Waals surface area contributed by atoms with Crippen LogP contribution < -0.4 is 15.0 Å². The van der Waals surface area contributed by atoms with Gasteiger partial charge in [0.2, 0.25) is 0 Å². The van der Waals surface area contributed by atoms with Crippen molar-refractivity contribution >= 4 is 33.8 Å². The molecule has 1 aliphatic heterocycles. The van der Waals surface area contributed by atoms with Crippen molar-refractivity contribution in [1.29, 1.82) is 0 Å². The predicted octanol–water partition coefficient (Wildman–Crippen LogP) is 3.49. The van der Waals surface area contributed by atoms with Gasteiger partial charge in [0.25, 0.3) is 11.8 Å². The SMILES string of the molecule is CN1C(=O)[C@@H](NC(=O)c2cn3c(-c4ccc(F)cc4F)csc3n2)COc2ccccc21. The molecule has 7 nitrogen and oxygen atoms in total. The van der Waals surface area contributed by atoms with Gasteiger partial charge in [-0.25, -0.2) is 13.8 Å². The van der Waals surface area contributed by atoms with Gasteiger partial charge in [-0.15, -0.1) is 11.3 Å². The summed E-state index contributed by atoms with van der Waals surface area (Å²) in [7, 11) is 1.62. The fourth-order valence-corrected chi connectivity index (χ4v) is 4.45. The van der Waals surface area contributed by atoms with Crippen molar-refractivity contribution in [2.75, 3.05) is 18.6 Å². The van der Waals surface area contributed by atoms with Crippen LogP contribution >= 0.6 is 11.3 Å². The van der Waals surface area contributed by atoms with Crippen molar-refractivity contribution in [3.05, 3.63) is 71.4 Å². The molecule has 1 N–H and O–H groups in total. The van der Waals surface area contributed by atoms with Crippen LogP contribution in [0.25, 0.3) is 16.2 Å². The molecular weight excluding hydrogens is 438 g/mol. The van der Waals surface area contributed by atoms with E-state index in [-0.39, 0.29) is 23.8 Å². The lowest BCUT2D eigenvalue weighted by atomic mass is 10.1. The molecule has 32 heavy (non-hydrogen) atoms. The van der Waals surface area contributed by atoms with Crippen molar-refractivity contribution in [3.63, 3.8) is 0 Å². The van der Waals surface area contributed by atoms with E-state index in [4.69, 9.17) is 4.74 Å². The molecule has 0 fully saturated rings. The topological polar surface area (TPSA) is 75.9 Å². The van der Waals surface area contributed by atoms with Gasteiger partial charge in [-0.3, -0.25) is 14.0 Å². The van der Waals surface area contributed by atoms with Crippen LogP contribution in [-0.4, -0.2) is 40.9 Å². The smallest absolute Gasteiger partial charge is 0.272 e. The average molecular weight is 454 g/mol. The third-order valence-corrected chi connectivity index (χ3v) is 6.05. The number of para-hydroxylation sites is 2. The number of anilines is 1. The highest BCUT2D eigenvalue weighted by atomic mass is 32.1. The number of likely N-dealkylation sites (N-methyl/N-ethyl adjacent to an activating group) is 1. The van der Waals surface area contributed by atoms with Gasteiger partial charge >= 0.3 is 0 Å². The first-order valence-electron chi connectivity index (χ1n) is 9.64. The van der Waals surface area contributed by atoms with Crippen molar-refractivity contribution in [3.8, 4) is 17.0 Å². The molecule has 4 aromatic rings. The van der Waals surface area contributed by atoms with E-state index in [1.165, 1.54) is 34.6 Å². The second-order valence-corrected chi connectivity index (χ2v) is 8.06. The Labute approximate surface area is 184 Å². The number of carbonyl (C=O) groups excluding carboxylic acids is 2. The average Bonchev–Trinajstić information content (AvgIpc) is 3.34. The molecule has 162 valence electrons. The van der Waals surface area contributed by atoms with E-state index in [1.54, 1.807) is 41.1 Å². The molecular formula is C22H16F2N4O3S. The Morgan fingerprint density at radius 2 is 2.06 bits per heavy atom. The van der Waals surface area contributed by atoms with Crippen LogP contribution in [0.5, 0.6) is 5.75 Å². The molecule has 0 aliphatic carbocycles. The van der Waals surface area contributed by atoms with E-state index in [0.717, 1.165) is 6.07 Å². The number of hydrogen-bond acceptors (Lipinski definition) is 5. The van der Waals surface area contributed by atoms with Gasteiger partial charge in [-0.2, -0.15) is 0 Å². The molecule has 0 radical (unpaired) electrons. The second-order valence-electron chi connectivity index (χ2n) is 7.23. The fourth-order valence-electron chi connectivity index (χ4n) is 3.57. The van der Waals surface area contributed by atoms with Crippen LogP contribution in [-0.2, 0) is 4.79 Å². The van der Waals surface area contributed by atoms with Crippen LogP contribution in [0.3, 0.4) is 0 Å². The van der Waals surface area contributed by atoms with Crippen LogP contribution in [0, 0.1) is 11.6 Å². The molecule has 2 amide bonds. The number of benzene rings is 2. The summed E-state index contributed by atoms with van der Waals surface area (Å²) < 4.78 is 34.8. The van der Waals surface area contributed by atoms with Crippen molar-refractivity contribution < 1.29 is 23.1 Å². The van der Waals surface area contributed by atoms with Gasteiger partial charge < -0.3 is 15.0 Å². The zero-order valence-corrected chi connectivity index (χ0v) is 17.5. The van der Waals surface area contributed by atoms with Crippen molar-refractivity contribution in [2.45, 2.75) is 6.04 Å². The Morgan fingerprint density at radius 3 is 2.88 bits per heavy atom. The number of thiazole rings is 1. The number of nitrogens with zero attached hydrogens (tertiary/aromatic N) is 3. The number of fused-ring (bicyclic) bond motifs is 2. The lowest BCUT2D eigenvalue weighted by Crippen LogP contribution is -2.49. The maximum absolute atomic E-state index is 14.2. The molecule has 0 saturated heterocycles. The number of nitrogens with one attached hydrogen (secondary N) is 1. The normalized spacial score (nSPS) is 15.9. The lowest BCUT2D eigenvalue weighted by Gasteiger charge is -2.20. The number of halogens is 2. The van der Waals surface area contributed by atoms with Gasteiger partial charge in [0.15, 0.2) is 4.96 Å². The zero-order chi connectivity index (χ0) is 22.4. The molecule has 0 spiro atoms. The minimum Gasteiger partial charge on any atom is -0.489 e. The van der Waals surface area contributed by atoms with Crippen LogP contribution in [0.15, 0.2) is 54.0 Å². The van der Waals surface area contributed by atoms with E-state index >= 15 is 0 Å². The summed E-state index contributed by atoms with van der Waals surface area (Å²) in [5.74, 6) is -1.72. The Hall–Kier alpha value is -3.79. The third-order valence-electron chi connectivity index (χ3n) is 5.21. The number of amides is 2. The first kappa shape index (κ1) is 20.1. The maximum Gasteiger partial charge on any atom is 0.272 e. The molecule has 1 atom stereocenters. The van der Waals surface area contributed by atoms with E-state index in [1.807, 2.05) is 0 Å². The summed E-state index contributed by atoms with van der Waals surface area (Å²) in [5, 5.41) is 4.34. The summed E-state index contributed by atoms with van der Waals surface area (Å²) in [5.41, 5.74) is 1.31. The molecule has 0 bridgehead atoms. The molecule has 10 heteroatoms. The predicted molar refractivity (Wildman–Crippen MR) is 115 cm³/mol. The Morgan fingerprint density at radius 1 is 1.25 bits per heavy atom. The van der Waals surface area contributed by atoms with Crippen LogP contribution in [0.1, 0.15) is 10.5 Å². The Kier molecular flexibility index (Phi) is 4.86. The highest BCUT2D eigenvalue weighted by Gasteiger charge is 2.31. The molecule has 2 aromatic heterocycles. The second kappa shape index (κ2) is 7.72. The van der Waals surface area contributed by atoms with Crippen molar-refractivity contribution in [2.24, 2.45) is 0 Å². The van der Waals surface area contributed by atoms with Gasteiger partial charge in [0.1, 0.15) is 35.7 Å². The van der Waals surface area contributed by atoms with Gasteiger partial charge in [0, 0.05) is 30.3 Å². The summed E-state index contributed by atoms with van der Waals surface area (Å²) in [4.78, 5) is 31.9. The summed E-state index contributed by atoms with van der Waals surface area (Å²) in [6, 6.07) is 9.50. The van der Waals surface area contributed by atoms with Gasteiger partial charge in [-0.1, -0.05) is 12.1 Å². The summed E-state index contributed by atoms with van der Waals surface area (Å²) >= 11 is 1.21. The Balaban J connectivity index is 1.40. The standard InChI is InChI=1S/C22H16F2N4O3S/c1-27-17-4-2-3-5-19(17)31-10-16(21(27)30)25-20(29)15-9-28-18(11-32-22(28)26-15)13-7-6-12(23)8-14(13)24/h2-9,11,16H,10H2,1H3,(H,25,29)/t16-/m0/s1. The monoisotopic (exact) mass is 454 g/mol. The minimum absolute atomic E-state index is 0.0276. The highest BCUT2D eigenvalue weighted by molar-refractivity contribution is 7.15. The summed E-state index contributed by atoms with van der Waals surface area (Å²) in [6.07, 6.45) is 1.46. The molecule has 5 rings (SSSR count). The van der Waals surface area contributed by atoms with Crippen molar-refractivity contribution in [1.82, 2.24) is 14.7 Å². The molecule has 3 heterocycles. The van der Waals surface area contributed by atoms with E-state index in [2.05, 4.69) is 10.3 Å². The maximum atomic E-state index is 14.2. The first-order chi connectivity index (χ1) is 15.4. The first-order valence-corrected chi connectivity index (χ1v) is 10.5. The number of ether oxygens (including phenoxy) is 1. The van der Waals surface area contributed by atoms with Gasteiger partial charge in [0.05, 0.1) is 11.4 Å². The fraction of sp³-hybridized carbons (Fsp3) is 0.136. The van der Waals surface area contributed by atoms with E-state index in [0.29, 0.717) is 22.1 Å². The minimum atomic E-state index is -0.909. The third kappa shape index (κ3) is 3.38. The molecule has 2 aromatic carbocycles. The Bertz CT molecular complexity index is 1370.